The highest BCUT2D eigenvalue weighted by molar-refractivity contribution is 9.09. The van der Waals surface area contributed by atoms with Crippen LogP contribution >= 0.6 is 31.9 Å². The van der Waals surface area contributed by atoms with Gasteiger partial charge in [-0.2, -0.15) is 0 Å². The normalized spacial score (nSPS) is 10.2. The van der Waals surface area contributed by atoms with E-state index in [1.54, 1.807) is 25.1 Å². The zero-order chi connectivity index (χ0) is 13.5. The van der Waals surface area contributed by atoms with Gasteiger partial charge in [-0.3, -0.25) is 4.79 Å². The Morgan fingerprint density at radius 3 is 2.44 bits per heavy atom. The van der Waals surface area contributed by atoms with Gasteiger partial charge < -0.3 is 4.74 Å². The number of ketones is 1. The zero-order valence-corrected chi connectivity index (χ0v) is 13.2. The summed E-state index contributed by atoms with van der Waals surface area (Å²) in [5, 5.41) is 1.06. The SMILES string of the molecule is CCOC(=O)c1cccc(C(=O)CCBr)c1CBr. The Hall–Kier alpha value is -0.680. The molecule has 1 aromatic carbocycles. The van der Waals surface area contributed by atoms with Gasteiger partial charge in [0.25, 0.3) is 0 Å². The second-order valence-electron chi connectivity index (χ2n) is 3.55. The summed E-state index contributed by atoms with van der Waals surface area (Å²) < 4.78 is 4.98. The Kier molecular flexibility index (Phi) is 6.57. The van der Waals surface area contributed by atoms with Crippen LogP contribution in [0.1, 0.15) is 39.6 Å². The monoisotopic (exact) mass is 376 g/mol. The summed E-state index contributed by atoms with van der Waals surface area (Å²) in [4.78, 5) is 23.7. The van der Waals surface area contributed by atoms with E-state index < -0.39 is 0 Å². The van der Waals surface area contributed by atoms with Crippen molar-refractivity contribution in [3.05, 3.63) is 34.9 Å². The van der Waals surface area contributed by atoms with Crippen molar-refractivity contribution in [1.82, 2.24) is 0 Å². The fourth-order valence-corrected chi connectivity index (χ4v) is 2.58. The van der Waals surface area contributed by atoms with Crippen molar-refractivity contribution in [2.75, 3.05) is 11.9 Å². The highest BCUT2D eigenvalue weighted by Gasteiger charge is 2.18. The van der Waals surface area contributed by atoms with Gasteiger partial charge in [0.2, 0.25) is 0 Å². The Labute approximate surface area is 123 Å². The molecular weight excluding hydrogens is 364 g/mol. The molecule has 0 atom stereocenters. The maximum Gasteiger partial charge on any atom is 0.338 e. The van der Waals surface area contributed by atoms with Crippen LogP contribution in [0.2, 0.25) is 0 Å². The Bertz CT molecular complexity index is 408. The predicted octanol–water partition coefficient (Wildman–Crippen LogP) is 3.73. The smallest absolute Gasteiger partial charge is 0.338 e. The van der Waals surface area contributed by atoms with Crippen LogP contribution in [-0.4, -0.2) is 23.7 Å². The number of carbonyl (C=O) groups excluding carboxylic acids is 2. The fourth-order valence-electron chi connectivity index (χ4n) is 1.61. The minimum Gasteiger partial charge on any atom is -0.462 e. The molecule has 1 rings (SSSR count). The molecule has 98 valence electrons. The minimum absolute atomic E-state index is 0.0208. The van der Waals surface area contributed by atoms with Crippen LogP contribution in [0.4, 0.5) is 0 Å². The highest BCUT2D eigenvalue weighted by atomic mass is 79.9. The molecule has 0 aliphatic carbocycles. The van der Waals surface area contributed by atoms with Crippen LogP contribution in [0.5, 0.6) is 0 Å². The van der Waals surface area contributed by atoms with Gasteiger partial charge in [-0.1, -0.05) is 44.0 Å². The molecule has 0 unspecified atom stereocenters. The largest absolute Gasteiger partial charge is 0.462 e. The van der Waals surface area contributed by atoms with Gasteiger partial charge in [-0.25, -0.2) is 4.79 Å². The molecule has 0 radical (unpaired) electrons. The van der Waals surface area contributed by atoms with E-state index in [0.29, 0.717) is 40.4 Å². The van der Waals surface area contributed by atoms with Crippen LogP contribution < -0.4 is 0 Å². The topological polar surface area (TPSA) is 43.4 Å². The second-order valence-corrected chi connectivity index (χ2v) is 4.90. The van der Waals surface area contributed by atoms with E-state index in [0.717, 1.165) is 0 Å². The number of ether oxygens (including phenoxy) is 1. The molecule has 0 spiro atoms. The first kappa shape index (κ1) is 15.4. The summed E-state index contributed by atoms with van der Waals surface area (Å²) in [6, 6.07) is 5.13. The molecule has 0 N–H and O–H groups in total. The third-order valence-electron chi connectivity index (χ3n) is 2.43. The van der Waals surface area contributed by atoms with E-state index in [9.17, 15) is 9.59 Å². The Morgan fingerprint density at radius 2 is 1.89 bits per heavy atom. The predicted molar refractivity (Wildman–Crippen MR) is 77.8 cm³/mol. The fraction of sp³-hybridized carbons (Fsp3) is 0.385. The summed E-state index contributed by atoms with van der Waals surface area (Å²) in [7, 11) is 0. The van der Waals surface area contributed by atoms with Gasteiger partial charge in [0.1, 0.15) is 0 Å². The molecule has 3 nitrogen and oxygen atoms in total. The summed E-state index contributed by atoms with van der Waals surface area (Å²) in [5.74, 6) is -0.368. The molecule has 0 bridgehead atoms. The summed E-state index contributed by atoms with van der Waals surface area (Å²) in [5.41, 5.74) is 1.73. The number of benzene rings is 1. The molecule has 0 aromatic heterocycles. The maximum absolute atomic E-state index is 12.0. The molecule has 18 heavy (non-hydrogen) atoms. The summed E-state index contributed by atoms with van der Waals surface area (Å²) >= 11 is 6.57. The van der Waals surface area contributed by atoms with Gasteiger partial charge in [0.05, 0.1) is 12.2 Å². The molecule has 0 saturated carbocycles. The first-order valence-corrected chi connectivity index (χ1v) is 7.84. The Morgan fingerprint density at radius 1 is 1.22 bits per heavy atom. The van der Waals surface area contributed by atoms with Crippen molar-refractivity contribution >= 4 is 43.6 Å². The number of Topliss-reactive ketones (excluding diaryl/α,β-unsaturated/α-hetero) is 1. The molecule has 5 heteroatoms. The van der Waals surface area contributed by atoms with Crippen LogP contribution in [0, 0.1) is 0 Å². The van der Waals surface area contributed by atoms with E-state index in [-0.39, 0.29) is 11.8 Å². The molecule has 1 aromatic rings. The summed E-state index contributed by atoms with van der Waals surface area (Å²) in [6.07, 6.45) is 0.409. The third-order valence-corrected chi connectivity index (χ3v) is 3.38. The van der Waals surface area contributed by atoms with E-state index in [2.05, 4.69) is 31.9 Å². The number of halogens is 2. The van der Waals surface area contributed by atoms with Crippen molar-refractivity contribution in [2.24, 2.45) is 0 Å². The van der Waals surface area contributed by atoms with E-state index in [1.807, 2.05) is 0 Å². The number of esters is 1. The van der Waals surface area contributed by atoms with E-state index in [1.165, 1.54) is 0 Å². The highest BCUT2D eigenvalue weighted by Crippen LogP contribution is 2.21. The molecule has 0 saturated heterocycles. The lowest BCUT2D eigenvalue weighted by Crippen LogP contribution is -2.12. The second kappa shape index (κ2) is 7.69. The number of rotatable bonds is 6. The van der Waals surface area contributed by atoms with E-state index in [4.69, 9.17) is 4.74 Å². The lowest BCUT2D eigenvalue weighted by atomic mass is 9.98. The first-order valence-electron chi connectivity index (χ1n) is 5.59. The van der Waals surface area contributed by atoms with Gasteiger partial charge in [0.15, 0.2) is 5.78 Å². The Balaban J connectivity index is 3.17. The molecule has 0 fully saturated rings. The molecule has 0 heterocycles. The average Bonchev–Trinajstić information content (AvgIpc) is 2.38. The van der Waals surface area contributed by atoms with Crippen molar-refractivity contribution in [3.8, 4) is 0 Å². The van der Waals surface area contributed by atoms with Crippen molar-refractivity contribution in [3.63, 3.8) is 0 Å². The molecular formula is C13H14Br2O3. The van der Waals surface area contributed by atoms with E-state index >= 15 is 0 Å². The minimum atomic E-state index is -0.388. The van der Waals surface area contributed by atoms with Gasteiger partial charge in [-0.05, 0) is 18.6 Å². The van der Waals surface area contributed by atoms with Crippen LogP contribution in [0.3, 0.4) is 0 Å². The van der Waals surface area contributed by atoms with Crippen molar-refractivity contribution in [1.29, 1.82) is 0 Å². The quantitative estimate of drug-likeness (QED) is 0.431. The summed E-state index contributed by atoms with van der Waals surface area (Å²) in [6.45, 7) is 2.08. The molecule has 0 aliphatic heterocycles. The van der Waals surface area contributed by atoms with Crippen LogP contribution in [0.15, 0.2) is 18.2 Å². The lowest BCUT2D eigenvalue weighted by Gasteiger charge is -2.11. The lowest BCUT2D eigenvalue weighted by molar-refractivity contribution is 0.0525. The van der Waals surface area contributed by atoms with Gasteiger partial charge >= 0.3 is 5.97 Å². The number of hydrogen-bond donors (Lipinski definition) is 0. The van der Waals surface area contributed by atoms with Crippen molar-refractivity contribution in [2.45, 2.75) is 18.7 Å². The van der Waals surface area contributed by atoms with Crippen LogP contribution in [-0.2, 0) is 10.1 Å². The molecule has 0 amide bonds. The van der Waals surface area contributed by atoms with Crippen LogP contribution in [0.25, 0.3) is 0 Å². The number of alkyl halides is 2. The third kappa shape index (κ3) is 3.65. The molecule has 0 aliphatic rings. The van der Waals surface area contributed by atoms with Gasteiger partial charge in [-0.15, -0.1) is 0 Å². The zero-order valence-electron chi connectivity index (χ0n) is 10.0. The average molecular weight is 378 g/mol. The maximum atomic E-state index is 12.0. The van der Waals surface area contributed by atoms with Crippen molar-refractivity contribution < 1.29 is 14.3 Å². The number of carbonyl (C=O) groups is 2. The number of hydrogen-bond acceptors (Lipinski definition) is 3. The first-order chi connectivity index (χ1) is 8.65. The standard InChI is InChI=1S/C13H14Br2O3/c1-2-18-13(17)10-5-3-4-9(11(10)8-15)12(16)6-7-14/h3-5H,2,6-8H2,1H3. The van der Waals surface area contributed by atoms with Gasteiger partial charge in [0, 0.05) is 22.6 Å².